The Morgan fingerprint density at radius 2 is 1.68 bits per heavy atom. The predicted octanol–water partition coefficient (Wildman–Crippen LogP) is 3.78. The lowest BCUT2D eigenvalue weighted by Gasteiger charge is -2.23. The molecule has 132 valence electrons. The normalized spacial score (nSPS) is 10.2. The number of carbonyl (C=O) groups excluding carboxylic acids is 2. The molecule has 0 radical (unpaired) electrons. The van der Waals surface area contributed by atoms with E-state index in [4.69, 9.17) is 27.9 Å². The van der Waals surface area contributed by atoms with Gasteiger partial charge in [-0.15, -0.1) is 0 Å². The van der Waals surface area contributed by atoms with Crippen molar-refractivity contribution >= 4 is 40.7 Å². The Kier molecular flexibility index (Phi) is 6.67. The van der Waals surface area contributed by atoms with Gasteiger partial charge in [0, 0.05) is 25.6 Å². The van der Waals surface area contributed by atoms with E-state index < -0.39 is 0 Å². The smallest absolute Gasteiger partial charge is 0.251 e. The van der Waals surface area contributed by atoms with Crippen molar-refractivity contribution in [1.29, 1.82) is 0 Å². The summed E-state index contributed by atoms with van der Waals surface area (Å²) in [5.41, 5.74) is 0.947. The molecule has 5 nitrogen and oxygen atoms in total. The maximum absolute atomic E-state index is 12.2. The van der Waals surface area contributed by atoms with Crippen LogP contribution in [-0.4, -0.2) is 32.0 Å². The van der Waals surface area contributed by atoms with Crippen molar-refractivity contribution < 1.29 is 14.3 Å². The van der Waals surface area contributed by atoms with Crippen LogP contribution in [0.15, 0.2) is 42.5 Å². The fourth-order valence-corrected chi connectivity index (χ4v) is 2.90. The van der Waals surface area contributed by atoms with Crippen LogP contribution < -0.4 is 15.0 Å². The zero-order chi connectivity index (χ0) is 18.4. The molecule has 0 saturated heterocycles. The Morgan fingerprint density at radius 3 is 2.20 bits per heavy atom. The van der Waals surface area contributed by atoms with E-state index in [1.54, 1.807) is 49.6 Å². The van der Waals surface area contributed by atoms with E-state index in [9.17, 15) is 9.59 Å². The number of nitrogens with zero attached hydrogens (tertiary/aromatic N) is 1. The fourth-order valence-electron chi connectivity index (χ4n) is 2.30. The Balaban J connectivity index is 2.02. The van der Waals surface area contributed by atoms with E-state index in [2.05, 4.69) is 5.32 Å². The lowest BCUT2D eigenvalue weighted by molar-refractivity contribution is -0.116. The summed E-state index contributed by atoms with van der Waals surface area (Å²) in [6.45, 7) is 1.93. The molecular weight excluding hydrogens is 363 g/mol. The molecule has 0 bridgehead atoms. The van der Waals surface area contributed by atoms with Crippen molar-refractivity contribution in [3.63, 3.8) is 0 Å². The van der Waals surface area contributed by atoms with Gasteiger partial charge in [-0.3, -0.25) is 9.59 Å². The first-order valence-corrected chi connectivity index (χ1v) is 8.34. The van der Waals surface area contributed by atoms with Gasteiger partial charge < -0.3 is 15.0 Å². The van der Waals surface area contributed by atoms with E-state index in [1.807, 2.05) is 0 Å². The van der Waals surface area contributed by atoms with Crippen LogP contribution in [0.4, 0.5) is 5.69 Å². The van der Waals surface area contributed by atoms with Crippen LogP contribution in [0.1, 0.15) is 17.3 Å². The van der Waals surface area contributed by atoms with Crippen LogP contribution in [0.3, 0.4) is 0 Å². The van der Waals surface area contributed by atoms with Gasteiger partial charge >= 0.3 is 0 Å². The highest BCUT2D eigenvalue weighted by Gasteiger charge is 2.18. The van der Waals surface area contributed by atoms with E-state index in [-0.39, 0.29) is 24.9 Å². The highest BCUT2D eigenvalue weighted by atomic mass is 35.5. The van der Waals surface area contributed by atoms with Gasteiger partial charge in [0.1, 0.15) is 5.75 Å². The van der Waals surface area contributed by atoms with Gasteiger partial charge in [0.15, 0.2) is 0 Å². The maximum atomic E-state index is 12.2. The van der Waals surface area contributed by atoms with E-state index >= 15 is 0 Å². The summed E-state index contributed by atoms with van der Waals surface area (Å²) in [5, 5.41) is 3.53. The summed E-state index contributed by atoms with van der Waals surface area (Å²) in [6, 6.07) is 11.8. The average molecular weight is 381 g/mol. The highest BCUT2D eigenvalue weighted by Crippen LogP contribution is 2.33. The zero-order valence-electron chi connectivity index (χ0n) is 13.9. The molecule has 0 fully saturated rings. The number of benzene rings is 2. The molecule has 1 N–H and O–H groups in total. The van der Waals surface area contributed by atoms with Crippen LogP contribution in [0.5, 0.6) is 5.75 Å². The molecule has 0 aliphatic rings. The van der Waals surface area contributed by atoms with Crippen molar-refractivity contribution in [2.45, 2.75) is 6.92 Å². The lowest BCUT2D eigenvalue weighted by atomic mass is 10.2. The van der Waals surface area contributed by atoms with Crippen LogP contribution in [0.2, 0.25) is 10.0 Å². The Bertz CT molecular complexity index is 743. The number of nitrogens with one attached hydrogen (secondary N) is 1. The van der Waals surface area contributed by atoms with Gasteiger partial charge in [-0.25, -0.2) is 0 Å². The SMILES string of the molecule is COc1ccc(C(=O)NCCN(C(C)=O)c2c(Cl)cccc2Cl)cc1. The van der Waals surface area contributed by atoms with Crippen LogP contribution in [0.25, 0.3) is 0 Å². The second kappa shape index (κ2) is 8.74. The van der Waals surface area contributed by atoms with Crippen molar-refractivity contribution in [3.05, 3.63) is 58.1 Å². The summed E-state index contributed by atoms with van der Waals surface area (Å²) in [6.07, 6.45) is 0. The molecule has 0 atom stereocenters. The largest absolute Gasteiger partial charge is 0.497 e. The fraction of sp³-hybridized carbons (Fsp3) is 0.222. The third-order valence-corrected chi connectivity index (χ3v) is 4.17. The molecule has 25 heavy (non-hydrogen) atoms. The van der Waals surface area contributed by atoms with Gasteiger partial charge in [-0.1, -0.05) is 29.3 Å². The summed E-state index contributed by atoms with van der Waals surface area (Å²) in [4.78, 5) is 25.5. The van der Waals surface area contributed by atoms with E-state index in [0.717, 1.165) is 0 Å². The molecule has 2 aromatic rings. The standard InChI is InChI=1S/C18H18Cl2N2O3/c1-12(23)22(17-15(19)4-3-5-16(17)20)11-10-21-18(24)13-6-8-14(25-2)9-7-13/h3-9H,10-11H2,1-2H3,(H,21,24). The molecule has 0 saturated carbocycles. The third-order valence-electron chi connectivity index (χ3n) is 3.56. The van der Waals surface area contributed by atoms with Crippen molar-refractivity contribution in [2.75, 3.05) is 25.1 Å². The minimum Gasteiger partial charge on any atom is -0.497 e. The van der Waals surface area contributed by atoms with Crippen LogP contribution >= 0.6 is 23.2 Å². The van der Waals surface area contributed by atoms with Crippen molar-refractivity contribution in [1.82, 2.24) is 5.32 Å². The second-order valence-corrected chi connectivity index (χ2v) is 6.04. The number of anilines is 1. The first-order chi connectivity index (χ1) is 11.9. The van der Waals surface area contributed by atoms with Crippen LogP contribution in [-0.2, 0) is 4.79 Å². The molecule has 2 rings (SSSR count). The number of hydrogen-bond donors (Lipinski definition) is 1. The molecule has 0 aromatic heterocycles. The molecule has 0 aliphatic carbocycles. The molecule has 0 unspecified atom stereocenters. The van der Waals surface area contributed by atoms with Crippen LogP contribution in [0, 0.1) is 0 Å². The van der Waals surface area contributed by atoms with Gasteiger partial charge in [0.25, 0.3) is 5.91 Å². The molecule has 7 heteroatoms. The quantitative estimate of drug-likeness (QED) is 0.829. The van der Waals surface area contributed by atoms with Gasteiger partial charge in [0.2, 0.25) is 5.91 Å². The summed E-state index contributed by atoms with van der Waals surface area (Å²) in [5.74, 6) is 0.220. The molecule has 0 spiro atoms. The third kappa shape index (κ3) is 4.87. The number of amides is 2. The predicted molar refractivity (Wildman–Crippen MR) is 99.8 cm³/mol. The summed E-state index contributed by atoms with van der Waals surface area (Å²) in [7, 11) is 1.56. The molecule has 2 aromatic carbocycles. The monoisotopic (exact) mass is 380 g/mol. The second-order valence-electron chi connectivity index (χ2n) is 5.23. The number of halogens is 2. The first kappa shape index (κ1) is 19.1. The Morgan fingerprint density at radius 1 is 1.08 bits per heavy atom. The van der Waals surface area contributed by atoms with Gasteiger partial charge in [-0.05, 0) is 36.4 Å². The van der Waals surface area contributed by atoms with Gasteiger partial charge in [0.05, 0.1) is 22.8 Å². The molecule has 2 amide bonds. The Hall–Kier alpha value is -2.24. The number of rotatable bonds is 6. The lowest BCUT2D eigenvalue weighted by Crippen LogP contribution is -2.37. The summed E-state index contributed by atoms with van der Waals surface area (Å²) < 4.78 is 5.06. The zero-order valence-corrected chi connectivity index (χ0v) is 15.4. The Labute approximate surface area is 156 Å². The van der Waals surface area contributed by atoms with Crippen molar-refractivity contribution in [2.24, 2.45) is 0 Å². The highest BCUT2D eigenvalue weighted by molar-refractivity contribution is 6.39. The topological polar surface area (TPSA) is 58.6 Å². The van der Waals surface area contributed by atoms with Crippen molar-refractivity contribution in [3.8, 4) is 5.75 Å². The number of hydrogen-bond acceptors (Lipinski definition) is 3. The minimum absolute atomic E-state index is 0.214. The number of para-hydroxylation sites is 1. The van der Waals surface area contributed by atoms with E-state index in [1.165, 1.54) is 11.8 Å². The number of methoxy groups -OCH3 is 1. The first-order valence-electron chi connectivity index (χ1n) is 7.58. The number of ether oxygens (including phenoxy) is 1. The minimum atomic E-state index is -0.239. The average Bonchev–Trinajstić information content (AvgIpc) is 2.59. The van der Waals surface area contributed by atoms with Gasteiger partial charge in [-0.2, -0.15) is 0 Å². The molecule has 0 heterocycles. The maximum Gasteiger partial charge on any atom is 0.251 e. The van der Waals surface area contributed by atoms with E-state index in [0.29, 0.717) is 27.0 Å². The summed E-state index contributed by atoms with van der Waals surface area (Å²) >= 11 is 12.3. The number of carbonyl (C=O) groups is 2. The molecule has 0 aliphatic heterocycles. The molecular formula is C18H18Cl2N2O3.